The van der Waals surface area contributed by atoms with Crippen LogP contribution >= 0.6 is 0 Å². The number of hydrogen-bond donors (Lipinski definition) is 1. The van der Waals surface area contributed by atoms with Crippen LogP contribution in [0.15, 0.2) is 72.8 Å². The largest absolute Gasteiger partial charge is 0.457 e. The van der Waals surface area contributed by atoms with Gasteiger partial charge in [0.2, 0.25) is 5.91 Å². The van der Waals surface area contributed by atoms with Gasteiger partial charge < -0.3 is 20.3 Å². The van der Waals surface area contributed by atoms with Crippen molar-refractivity contribution in [3.05, 3.63) is 89.7 Å². The molecule has 2 amide bonds. The molecule has 0 bridgehead atoms. The van der Waals surface area contributed by atoms with Crippen LogP contribution in [0.5, 0.6) is 11.5 Å². The molecule has 1 saturated heterocycles. The summed E-state index contributed by atoms with van der Waals surface area (Å²) in [5.41, 5.74) is 7.14. The maximum atomic E-state index is 13.1. The summed E-state index contributed by atoms with van der Waals surface area (Å²) in [6, 6.07) is 19.9. The van der Waals surface area contributed by atoms with E-state index in [9.17, 15) is 14.0 Å². The SMILES string of the molecule is NC(=O)c1ccc(Oc2cccc(C(=O)N3CCN(c4ccc(F)cc4)CC3)c2)cc1. The Balaban J connectivity index is 1.39. The first-order chi connectivity index (χ1) is 15.0. The van der Waals surface area contributed by atoms with Crippen LogP contribution in [-0.4, -0.2) is 42.9 Å². The van der Waals surface area contributed by atoms with Gasteiger partial charge >= 0.3 is 0 Å². The molecule has 1 aliphatic rings. The van der Waals surface area contributed by atoms with Crippen molar-refractivity contribution >= 4 is 17.5 Å². The van der Waals surface area contributed by atoms with E-state index in [2.05, 4.69) is 4.90 Å². The summed E-state index contributed by atoms with van der Waals surface area (Å²) in [5, 5.41) is 0. The number of benzene rings is 3. The molecule has 0 saturated carbocycles. The molecule has 6 nitrogen and oxygen atoms in total. The summed E-state index contributed by atoms with van der Waals surface area (Å²) in [6.07, 6.45) is 0. The maximum Gasteiger partial charge on any atom is 0.254 e. The number of amides is 2. The zero-order valence-corrected chi connectivity index (χ0v) is 16.8. The van der Waals surface area contributed by atoms with Crippen LogP contribution in [0.4, 0.5) is 10.1 Å². The Morgan fingerprint density at radius 1 is 0.806 bits per heavy atom. The van der Waals surface area contributed by atoms with Gasteiger partial charge in [0.05, 0.1) is 0 Å². The molecule has 0 radical (unpaired) electrons. The van der Waals surface area contributed by atoms with Crippen molar-refractivity contribution in [1.82, 2.24) is 4.90 Å². The van der Waals surface area contributed by atoms with Crippen molar-refractivity contribution in [1.29, 1.82) is 0 Å². The lowest BCUT2D eigenvalue weighted by atomic mass is 10.1. The van der Waals surface area contributed by atoms with Crippen molar-refractivity contribution in [2.75, 3.05) is 31.1 Å². The molecule has 0 unspecified atom stereocenters. The Labute approximate surface area is 179 Å². The Bertz CT molecular complexity index is 1080. The highest BCUT2D eigenvalue weighted by Gasteiger charge is 2.22. The normalized spacial score (nSPS) is 13.7. The molecule has 1 aliphatic heterocycles. The molecule has 0 spiro atoms. The molecule has 1 heterocycles. The van der Waals surface area contributed by atoms with Gasteiger partial charge in [0, 0.05) is 43.0 Å². The second-order valence-electron chi connectivity index (χ2n) is 7.27. The molecule has 2 N–H and O–H groups in total. The molecule has 0 atom stereocenters. The van der Waals surface area contributed by atoms with Crippen LogP contribution < -0.4 is 15.4 Å². The van der Waals surface area contributed by atoms with Gasteiger partial charge in [0.1, 0.15) is 17.3 Å². The van der Waals surface area contributed by atoms with E-state index in [0.29, 0.717) is 48.8 Å². The summed E-state index contributed by atoms with van der Waals surface area (Å²) in [7, 11) is 0. The van der Waals surface area contributed by atoms with Crippen LogP contribution in [0, 0.1) is 5.82 Å². The van der Waals surface area contributed by atoms with Crippen molar-refractivity contribution in [2.45, 2.75) is 0 Å². The average molecular weight is 419 g/mol. The second-order valence-corrected chi connectivity index (χ2v) is 7.27. The minimum atomic E-state index is -0.501. The Hall–Kier alpha value is -3.87. The lowest BCUT2D eigenvalue weighted by Gasteiger charge is -2.36. The molecule has 31 heavy (non-hydrogen) atoms. The molecule has 3 aromatic rings. The third kappa shape index (κ3) is 4.83. The summed E-state index contributed by atoms with van der Waals surface area (Å²) in [5.74, 6) is 0.251. The van der Waals surface area contributed by atoms with Gasteiger partial charge in [0.25, 0.3) is 5.91 Å². The van der Waals surface area contributed by atoms with Gasteiger partial charge in [-0.2, -0.15) is 0 Å². The topological polar surface area (TPSA) is 75.9 Å². The molecule has 0 aliphatic carbocycles. The van der Waals surface area contributed by atoms with Crippen LogP contribution in [0.1, 0.15) is 20.7 Å². The number of halogens is 1. The number of rotatable bonds is 5. The van der Waals surface area contributed by atoms with Gasteiger partial charge in [-0.3, -0.25) is 9.59 Å². The van der Waals surface area contributed by atoms with Gasteiger partial charge in [-0.1, -0.05) is 6.07 Å². The van der Waals surface area contributed by atoms with E-state index in [4.69, 9.17) is 10.5 Å². The lowest BCUT2D eigenvalue weighted by Crippen LogP contribution is -2.48. The highest BCUT2D eigenvalue weighted by atomic mass is 19.1. The number of carbonyl (C=O) groups excluding carboxylic acids is 2. The highest BCUT2D eigenvalue weighted by molar-refractivity contribution is 5.95. The zero-order valence-electron chi connectivity index (χ0n) is 16.8. The number of nitrogens with two attached hydrogens (primary N) is 1. The fraction of sp³-hybridized carbons (Fsp3) is 0.167. The predicted molar refractivity (Wildman–Crippen MR) is 116 cm³/mol. The number of carbonyl (C=O) groups is 2. The number of nitrogens with zero attached hydrogens (tertiary/aromatic N) is 2. The number of hydrogen-bond acceptors (Lipinski definition) is 4. The van der Waals surface area contributed by atoms with Crippen molar-refractivity contribution in [2.24, 2.45) is 5.73 Å². The van der Waals surface area contributed by atoms with E-state index >= 15 is 0 Å². The lowest BCUT2D eigenvalue weighted by molar-refractivity contribution is 0.0746. The Kier molecular flexibility index (Phi) is 5.84. The van der Waals surface area contributed by atoms with Gasteiger partial charge in [-0.15, -0.1) is 0 Å². The predicted octanol–water partition coefficient (Wildman–Crippen LogP) is 3.68. The first-order valence-electron chi connectivity index (χ1n) is 9.97. The van der Waals surface area contributed by atoms with Crippen LogP contribution in [0.3, 0.4) is 0 Å². The van der Waals surface area contributed by atoms with Crippen molar-refractivity contribution in [3.8, 4) is 11.5 Å². The van der Waals surface area contributed by atoms with E-state index in [-0.39, 0.29) is 11.7 Å². The van der Waals surface area contributed by atoms with Crippen molar-refractivity contribution in [3.63, 3.8) is 0 Å². The number of ether oxygens (including phenoxy) is 1. The van der Waals surface area contributed by atoms with Crippen LogP contribution in [-0.2, 0) is 0 Å². The molecule has 4 rings (SSSR count). The molecule has 158 valence electrons. The quantitative estimate of drug-likeness (QED) is 0.685. The third-order valence-corrected chi connectivity index (χ3v) is 5.21. The standard InChI is InChI=1S/C24H22FN3O3/c25-19-6-8-20(9-7-19)27-12-14-28(15-13-27)24(30)18-2-1-3-22(16-18)31-21-10-4-17(5-11-21)23(26)29/h1-11,16H,12-15H2,(H2,26,29). The van der Waals surface area contributed by atoms with E-state index in [0.717, 1.165) is 5.69 Å². The van der Waals surface area contributed by atoms with Crippen LogP contribution in [0.2, 0.25) is 0 Å². The summed E-state index contributed by atoms with van der Waals surface area (Å²) >= 11 is 0. The fourth-order valence-corrected chi connectivity index (χ4v) is 3.52. The Morgan fingerprint density at radius 3 is 2.13 bits per heavy atom. The molecule has 1 fully saturated rings. The Morgan fingerprint density at radius 2 is 1.48 bits per heavy atom. The first kappa shape index (κ1) is 20.4. The minimum Gasteiger partial charge on any atom is -0.457 e. The van der Waals surface area contributed by atoms with Crippen LogP contribution in [0.25, 0.3) is 0 Å². The van der Waals surface area contributed by atoms with E-state index in [1.807, 2.05) is 0 Å². The smallest absolute Gasteiger partial charge is 0.254 e. The monoisotopic (exact) mass is 419 g/mol. The number of piperazine rings is 1. The van der Waals surface area contributed by atoms with E-state index < -0.39 is 5.91 Å². The molecular weight excluding hydrogens is 397 g/mol. The number of primary amides is 1. The van der Waals surface area contributed by atoms with Crippen molar-refractivity contribution < 1.29 is 18.7 Å². The summed E-state index contributed by atoms with van der Waals surface area (Å²) in [6.45, 7) is 2.52. The molecule has 3 aromatic carbocycles. The molecular formula is C24H22FN3O3. The van der Waals surface area contributed by atoms with Gasteiger partial charge in [0.15, 0.2) is 0 Å². The van der Waals surface area contributed by atoms with E-state index in [1.165, 1.54) is 12.1 Å². The third-order valence-electron chi connectivity index (χ3n) is 5.21. The van der Waals surface area contributed by atoms with Gasteiger partial charge in [-0.05, 0) is 66.7 Å². The summed E-state index contributed by atoms with van der Waals surface area (Å²) < 4.78 is 18.9. The average Bonchev–Trinajstić information content (AvgIpc) is 2.80. The minimum absolute atomic E-state index is 0.0618. The van der Waals surface area contributed by atoms with E-state index in [1.54, 1.807) is 65.6 Å². The molecule has 7 heteroatoms. The first-order valence-corrected chi connectivity index (χ1v) is 9.97. The second kappa shape index (κ2) is 8.87. The maximum absolute atomic E-state index is 13.1. The molecule has 0 aromatic heterocycles. The highest BCUT2D eigenvalue weighted by Crippen LogP contribution is 2.24. The summed E-state index contributed by atoms with van der Waals surface area (Å²) in [4.78, 5) is 28.1. The fourth-order valence-electron chi connectivity index (χ4n) is 3.52. The number of anilines is 1. The van der Waals surface area contributed by atoms with Gasteiger partial charge in [-0.25, -0.2) is 4.39 Å². The zero-order chi connectivity index (χ0) is 21.8.